The smallest absolute Gasteiger partial charge is 0.332 e. The summed E-state index contributed by atoms with van der Waals surface area (Å²) in [5, 5.41) is 8.62. The molecular weight excluding hydrogens is 172 g/mol. The number of hydrogen-bond donors (Lipinski definition) is 1. The fourth-order valence-corrected chi connectivity index (χ4v) is 0.895. The first-order valence-electron chi connectivity index (χ1n) is 4.64. The monoisotopic (exact) mass is 190 g/mol. The topological polar surface area (TPSA) is 55.8 Å². The van der Waals surface area contributed by atoms with Crippen LogP contribution in [0, 0.1) is 0 Å². The van der Waals surface area contributed by atoms with Crippen molar-refractivity contribution in [1.82, 2.24) is 0 Å². The van der Waals surface area contributed by atoms with Crippen molar-refractivity contribution in [3.05, 3.63) is 0 Å². The molecule has 1 atom stereocenters. The van der Waals surface area contributed by atoms with Gasteiger partial charge in [-0.25, -0.2) is 4.79 Å². The predicted molar refractivity (Wildman–Crippen MR) is 48.8 cm³/mol. The third-order valence-electron chi connectivity index (χ3n) is 1.60. The normalized spacial score (nSPS) is 12.8. The highest BCUT2D eigenvalue weighted by atomic mass is 16.5. The Labute approximate surface area is 78.8 Å². The van der Waals surface area contributed by atoms with Gasteiger partial charge in [-0.1, -0.05) is 6.92 Å². The van der Waals surface area contributed by atoms with Crippen LogP contribution in [0.15, 0.2) is 0 Å². The molecule has 4 heteroatoms. The van der Waals surface area contributed by atoms with Crippen LogP contribution in [0.4, 0.5) is 0 Å². The number of carboxylic acids is 1. The Morgan fingerprint density at radius 2 is 2.08 bits per heavy atom. The molecular formula is C9H18O4. The molecule has 4 nitrogen and oxygen atoms in total. The molecule has 0 radical (unpaired) electrons. The Kier molecular flexibility index (Phi) is 7.63. The summed E-state index contributed by atoms with van der Waals surface area (Å²) in [6.45, 7) is 5.49. The summed E-state index contributed by atoms with van der Waals surface area (Å²) in [6.07, 6.45) is 0.586. The molecule has 1 unspecified atom stereocenters. The van der Waals surface area contributed by atoms with Crippen molar-refractivity contribution in [2.45, 2.75) is 32.8 Å². The second-order valence-corrected chi connectivity index (χ2v) is 2.66. The van der Waals surface area contributed by atoms with E-state index in [-0.39, 0.29) is 0 Å². The molecule has 0 aromatic rings. The second kappa shape index (κ2) is 8.01. The molecule has 0 aliphatic carbocycles. The van der Waals surface area contributed by atoms with Crippen LogP contribution < -0.4 is 0 Å². The van der Waals surface area contributed by atoms with Crippen LogP contribution in [-0.2, 0) is 14.3 Å². The number of carbonyl (C=O) groups is 1. The minimum atomic E-state index is -0.890. The van der Waals surface area contributed by atoms with Crippen molar-refractivity contribution < 1.29 is 19.4 Å². The molecule has 0 aliphatic rings. The average Bonchev–Trinajstić information content (AvgIpc) is 2.10. The zero-order valence-corrected chi connectivity index (χ0v) is 8.28. The Hall–Kier alpha value is -0.610. The lowest BCUT2D eigenvalue weighted by atomic mass is 10.3. The molecule has 78 valence electrons. The first kappa shape index (κ1) is 12.4. The molecule has 0 saturated heterocycles. The highest BCUT2D eigenvalue weighted by Gasteiger charge is 2.14. The van der Waals surface area contributed by atoms with Gasteiger partial charge in [0.2, 0.25) is 0 Å². The van der Waals surface area contributed by atoms with Crippen molar-refractivity contribution in [3.63, 3.8) is 0 Å². The largest absolute Gasteiger partial charge is 0.479 e. The van der Waals surface area contributed by atoms with Gasteiger partial charge in [0.05, 0.1) is 0 Å². The minimum Gasteiger partial charge on any atom is -0.479 e. The Morgan fingerprint density at radius 3 is 2.54 bits per heavy atom. The molecule has 0 rings (SSSR count). The van der Waals surface area contributed by atoms with Gasteiger partial charge < -0.3 is 14.6 Å². The number of rotatable bonds is 8. The van der Waals surface area contributed by atoms with E-state index in [2.05, 4.69) is 0 Å². The summed E-state index contributed by atoms with van der Waals surface area (Å²) in [4.78, 5) is 10.5. The second-order valence-electron chi connectivity index (χ2n) is 2.66. The van der Waals surface area contributed by atoms with E-state index >= 15 is 0 Å². The van der Waals surface area contributed by atoms with Gasteiger partial charge in [0.1, 0.15) is 0 Å². The first-order valence-corrected chi connectivity index (χ1v) is 4.64. The molecule has 0 spiro atoms. The van der Waals surface area contributed by atoms with Crippen molar-refractivity contribution in [2.24, 2.45) is 0 Å². The lowest BCUT2D eigenvalue weighted by molar-refractivity contribution is -0.150. The van der Waals surface area contributed by atoms with E-state index in [1.807, 2.05) is 6.92 Å². The van der Waals surface area contributed by atoms with Crippen molar-refractivity contribution >= 4 is 5.97 Å². The molecule has 0 fully saturated rings. The Bertz CT molecular complexity index is 136. The van der Waals surface area contributed by atoms with Crippen molar-refractivity contribution in [2.75, 3.05) is 19.8 Å². The van der Waals surface area contributed by atoms with Gasteiger partial charge in [-0.3, -0.25) is 0 Å². The SMILES string of the molecule is CCOCCCOC(CC)C(=O)O. The summed E-state index contributed by atoms with van der Waals surface area (Å²) < 4.78 is 10.2. The van der Waals surface area contributed by atoms with E-state index in [1.54, 1.807) is 6.92 Å². The van der Waals surface area contributed by atoms with Crippen LogP contribution in [0.1, 0.15) is 26.7 Å². The van der Waals surface area contributed by atoms with E-state index < -0.39 is 12.1 Å². The van der Waals surface area contributed by atoms with E-state index in [4.69, 9.17) is 14.6 Å². The third-order valence-corrected chi connectivity index (χ3v) is 1.60. The van der Waals surface area contributed by atoms with E-state index in [0.717, 1.165) is 6.42 Å². The van der Waals surface area contributed by atoms with E-state index in [9.17, 15) is 4.79 Å². The molecule has 0 bridgehead atoms. The number of hydrogen-bond acceptors (Lipinski definition) is 3. The van der Waals surface area contributed by atoms with Crippen LogP contribution in [0.2, 0.25) is 0 Å². The van der Waals surface area contributed by atoms with Crippen molar-refractivity contribution in [3.8, 4) is 0 Å². The number of ether oxygens (including phenoxy) is 2. The van der Waals surface area contributed by atoms with Crippen LogP contribution >= 0.6 is 0 Å². The van der Waals surface area contributed by atoms with Gasteiger partial charge in [0, 0.05) is 19.8 Å². The fraction of sp³-hybridized carbons (Fsp3) is 0.889. The summed E-state index contributed by atoms with van der Waals surface area (Å²) >= 11 is 0. The molecule has 1 N–H and O–H groups in total. The summed E-state index contributed by atoms with van der Waals surface area (Å²) in [7, 11) is 0. The van der Waals surface area contributed by atoms with Gasteiger partial charge in [0.15, 0.2) is 6.10 Å². The third kappa shape index (κ3) is 6.54. The summed E-state index contributed by atoms with van der Waals surface area (Å²) in [6, 6.07) is 0. The lowest BCUT2D eigenvalue weighted by Gasteiger charge is -2.10. The molecule has 0 saturated carbocycles. The standard InChI is InChI=1S/C9H18O4/c1-3-8(9(10)11)13-7-5-6-12-4-2/h8H,3-7H2,1-2H3,(H,10,11). The van der Waals surface area contributed by atoms with Gasteiger partial charge in [-0.05, 0) is 19.8 Å². The molecule has 0 aromatic heterocycles. The van der Waals surface area contributed by atoms with Gasteiger partial charge in [-0.15, -0.1) is 0 Å². The lowest BCUT2D eigenvalue weighted by Crippen LogP contribution is -2.23. The Balaban J connectivity index is 3.33. The molecule has 0 aromatic carbocycles. The zero-order valence-electron chi connectivity index (χ0n) is 8.28. The number of aliphatic carboxylic acids is 1. The van der Waals surface area contributed by atoms with Gasteiger partial charge in [-0.2, -0.15) is 0 Å². The molecule has 13 heavy (non-hydrogen) atoms. The first-order chi connectivity index (χ1) is 6.22. The average molecular weight is 190 g/mol. The van der Waals surface area contributed by atoms with Crippen LogP contribution in [0.25, 0.3) is 0 Å². The van der Waals surface area contributed by atoms with Gasteiger partial charge >= 0.3 is 5.97 Å². The molecule has 0 amide bonds. The molecule has 0 heterocycles. The van der Waals surface area contributed by atoms with Crippen LogP contribution in [-0.4, -0.2) is 37.0 Å². The maximum absolute atomic E-state index is 10.5. The predicted octanol–water partition coefficient (Wildman–Crippen LogP) is 1.29. The van der Waals surface area contributed by atoms with Gasteiger partial charge in [0.25, 0.3) is 0 Å². The van der Waals surface area contributed by atoms with Crippen LogP contribution in [0.5, 0.6) is 0 Å². The fourth-order valence-electron chi connectivity index (χ4n) is 0.895. The number of carboxylic acid groups (broad SMARTS) is 1. The Morgan fingerprint density at radius 1 is 1.38 bits per heavy atom. The minimum absolute atomic E-state index is 0.449. The highest BCUT2D eigenvalue weighted by Crippen LogP contribution is 1.99. The van der Waals surface area contributed by atoms with Crippen molar-refractivity contribution in [1.29, 1.82) is 0 Å². The van der Waals surface area contributed by atoms with E-state index in [0.29, 0.717) is 26.2 Å². The molecule has 0 aliphatic heterocycles. The zero-order chi connectivity index (χ0) is 10.1. The summed E-state index contributed by atoms with van der Waals surface area (Å²) in [5.74, 6) is -0.890. The quantitative estimate of drug-likeness (QED) is 0.586. The van der Waals surface area contributed by atoms with E-state index in [1.165, 1.54) is 0 Å². The maximum Gasteiger partial charge on any atom is 0.332 e. The highest BCUT2D eigenvalue weighted by molar-refractivity contribution is 5.72. The van der Waals surface area contributed by atoms with Crippen LogP contribution in [0.3, 0.4) is 0 Å². The summed E-state index contributed by atoms with van der Waals surface area (Å²) in [5.41, 5.74) is 0. The maximum atomic E-state index is 10.5.